The highest BCUT2D eigenvalue weighted by Gasteiger charge is 2.27. The number of hydrogen-bond acceptors (Lipinski definition) is 9. The van der Waals surface area contributed by atoms with E-state index in [0.29, 0.717) is 0 Å². The summed E-state index contributed by atoms with van der Waals surface area (Å²) in [4.78, 5) is 43.2. The van der Waals surface area contributed by atoms with Crippen LogP contribution in [0.1, 0.15) is 18.5 Å². The summed E-state index contributed by atoms with van der Waals surface area (Å²) in [5, 5.41) is 39.3. The normalized spacial score (nSPS) is 11.5. The van der Waals surface area contributed by atoms with Crippen molar-refractivity contribution >= 4 is 28.7 Å². The van der Waals surface area contributed by atoms with Crippen LogP contribution in [0, 0.1) is 37.3 Å². The molecule has 0 radical (unpaired) electrons. The maximum absolute atomic E-state index is 12.4. The molecular formula is C14H14N6O8. The quantitative estimate of drug-likeness (QED) is 0.542. The first-order valence-corrected chi connectivity index (χ1v) is 7.58. The molecule has 148 valence electrons. The molecule has 0 bridgehead atoms. The third-order valence-corrected chi connectivity index (χ3v) is 3.86. The van der Waals surface area contributed by atoms with Gasteiger partial charge < -0.3 is 10.1 Å². The van der Waals surface area contributed by atoms with E-state index in [1.165, 1.54) is 21.0 Å². The summed E-state index contributed by atoms with van der Waals surface area (Å²) in [6, 6.07) is 0.889. The first kappa shape index (κ1) is 20.2. The van der Waals surface area contributed by atoms with Crippen LogP contribution in [0.4, 0.5) is 22.7 Å². The molecular weight excluding hydrogens is 380 g/mol. The minimum Gasteiger partial charge on any atom is -0.475 e. The Morgan fingerprint density at radius 1 is 1.11 bits per heavy atom. The molecule has 0 saturated carbocycles. The molecule has 1 unspecified atom stereocenters. The van der Waals surface area contributed by atoms with Crippen LogP contribution < -0.4 is 10.1 Å². The van der Waals surface area contributed by atoms with Gasteiger partial charge >= 0.3 is 11.6 Å². The summed E-state index contributed by atoms with van der Waals surface area (Å²) < 4.78 is 5.75. The van der Waals surface area contributed by atoms with Gasteiger partial charge in [-0.25, -0.2) is 4.68 Å². The van der Waals surface area contributed by atoms with E-state index in [9.17, 15) is 35.1 Å². The van der Waals surface area contributed by atoms with Crippen molar-refractivity contribution in [3.63, 3.8) is 0 Å². The maximum atomic E-state index is 12.4. The molecule has 0 aliphatic rings. The van der Waals surface area contributed by atoms with E-state index in [0.717, 1.165) is 23.0 Å². The molecule has 14 heteroatoms. The van der Waals surface area contributed by atoms with Gasteiger partial charge in [0.15, 0.2) is 0 Å². The second kappa shape index (κ2) is 7.65. The highest BCUT2D eigenvalue weighted by Crippen LogP contribution is 2.32. The largest absolute Gasteiger partial charge is 0.475 e. The van der Waals surface area contributed by atoms with Crippen LogP contribution in [0.15, 0.2) is 18.3 Å². The summed E-state index contributed by atoms with van der Waals surface area (Å²) in [5.74, 6) is -1.06. The number of amides is 1. The predicted molar refractivity (Wildman–Crippen MR) is 93.3 cm³/mol. The number of ether oxygens (including phenoxy) is 1. The molecule has 0 fully saturated rings. The minimum absolute atomic E-state index is 0.159. The topological polar surface area (TPSA) is 186 Å². The predicted octanol–water partition coefficient (Wildman–Crippen LogP) is 2.12. The zero-order valence-corrected chi connectivity index (χ0v) is 14.8. The van der Waals surface area contributed by atoms with E-state index < -0.39 is 43.8 Å². The summed E-state index contributed by atoms with van der Waals surface area (Å²) in [7, 11) is 1.18. The Morgan fingerprint density at radius 2 is 1.61 bits per heavy atom. The van der Waals surface area contributed by atoms with Gasteiger partial charge in [-0.05, 0) is 13.8 Å². The fourth-order valence-electron chi connectivity index (χ4n) is 2.34. The van der Waals surface area contributed by atoms with Crippen LogP contribution in [0.2, 0.25) is 0 Å². The second-order valence-corrected chi connectivity index (χ2v) is 5.58. The molecule has 1 heterocycles. The average molecular weight is 394 g/mol. The van der Waals surface area contributed by atoms with Crippen molar-refractivity contribution in [1.82, 2.24) is 9.78 Å². The molecule has 0 aliphatic carbocycles. The van der Waals surface area contributed by atoms with E-state index in [4.69, 9.17) is 4.74 Å². The smallest absolute Gasteiger partial charge is 0.350 e. The summed E-state index contributed by atoms with van der Waals surface area (Å²) >= 11 is 0. The van der Waals surface area contributed by atoms with Crippen LogP contribution in [-0.4, -0.2) is 37.6 Å². The third kappa shape index (κ3) is 3.84. The fourth-order valence-corrected chi connectivity index (χ4v) is 2.34. The monoisotopic (exact) mass is 394 g/mol. The van der Waals surface area contributed by atoms with Crippen molar-refractivity contribution < 1.29 is 24.3 Å². The number of nitro benzene ring substituents is 2. The fraction of sp³-hybridized carbons (Fsp3) is 0.286. The van der Waals surface area contributed by atoms with Crippen molar-refractivity contribution in [2.45, 2.75) is 19.9 Å². The Kier molecular flexibility index (Phi) is 5.52. The Bertz CT molecular complexity index is 949. The van der Waals surface area contributed by atoms with Gasteiger partial charge in [-0.3, -0.25) is 35.1 Å². The zero-order chi connectivity index (χ0) is 21.2. The first-order valence-electron chi connectivity index (χ1n) is 7.58. The van der Waals surface area contributed by atoms with Crippen molar-refractivity contribution in [2.24, 2.45) is 0 Å². The van der Waals surface area contributed by atoms with Crippen molar-refractivity contribution in [1.29, 1.82) is 0 Å². The molecule has 0 spiro atoms. The van der Waals surface area contributed by atoms with Gasteiger partial charge in [-0.2, -0.15) is 0 Å². The van der Waals surface area contributed by atoms with Crippen LogP contribution in [-0.2, 0) is 4.79 Å². The number of nitro groups is 3. The molecule has 1 N–H and O–H groups in total. The SMILES string of the molecule is COc1nn(C(C)C(=O)Nc2cc([N+](=O)[O-])c(C)c([N+](=O)[O-])c2)cc1[N+](=O)[O-]. The van der Waals surface area contributed by atoms with Crippen molar-refractivity contribution in [2.75, 3.05) is 12.4 Å². The molecule has 1 aromatic carbocycles. The van der Waals surface area contributed by atoms with E-state index in [2.05, 4.69) is 10.4 Å². The number of hydrogen-bond donors (Lipinski definition) is 1. The van der Waals surface area contributed by atoms with Gasteiger partial charge in [0.25, 0.3) is 11.4 Å². The number of anilines is 1. The van der Waals surface area contributed by atoms with Crippen LogP contribution in [0.5, 0.6) is 5.88 Å². The molecule has 28 heavy (non-hydrogen) atoms. The Hall–Kier alpha value is -4.10. The van der Waals surface area contributed by atoms with E-state index in [-0.39, 0.29) is 17.1 Å². The van der Waals surface area contributed by atoms with E-state index in [1.54, 1.807) is 0 Å². The molecule has 1 atom stereocenters. The number of aromatic nitrogens is 2. The summed E-state index contributed by atoms with van der Waals surface area (Å²) in [6.07, 6.45) is 0.989. The molecule has 2 aromatic rings. The Labute approximate surface area is 156 Å². The lowest BCUT2D eigenvalue weighted by Crippen LogP contribution is -2.24. The molecule has 1 amide bonds. The van der Waals surface area contributed by atoms with Crippen LogP contribution >= 0.6 is 0 Å². The first-order chi connectivity index (χ1) is 13.1. The highest BCUT2D eigenvalue weighted by molar-refractivity contribution is 5.94. The van der Waals surface area contributed by atoms with Gasteiger partial charge in [0.2, 0.25) is 5.91 Å². The van der Waals surface area contributed by atoms with Gasteiger partial charge in [0.1, 0.15) is 17.8 Å². The second-order valence-electron chi connectivity index (χ2n) is 5.58. The lowest BCUT2D eigenvalue weighted by molar-refractivity contribution is -0.395. The zero-order valence-electron chi connectivity index (χ0n) is 14.8. The van der Waals surface area contributed by atoms with Crippen molar-refractivity contribution in [3.05, 3.63) is 54.2 Å². The Balaban J connectivity index is 2.35. The van der Waals surface area contributed by atoms with Crippen molar-refractivity contribution in [3.8, 4) is 5.88 Å². The molecule has 1 aromatic heterocycles. The highest BCUT2D eigenvalue weighted by atomic mass is 16.6. The Morgan fingerprint density at radius 3 is 2.00 bits per heavy atom. The van der Waals surface area contributed by atoms with Crippen LogP contribution in [0.25, 0.3) is 0 Å². The molecule has 14 nitrogen and oxygen atoms in total. The number of rotatable bonds is 7. The average Bonchev–Trinajstić information content (AvgIpc) is 3.06. The standard InChI is InChI=1S/C14H14N6O8/c1-7-10(18(22)23)4-9(5-11(7)19(24)25)15-13(21)8(2)17-6-12(20(26)27)14(16-17)28-3/h4-6,8H,1-3H3,(H,15,21). The van der Waals surface area contributed by atoms with Crippen LogP contribution in [0.3, 0.4) is 0 Å². The number of nitrogens with zero attached hydrogens (tertiary/aromatic N) is 5. The lowest BCUT2D eigenvalue weighted by atomic mass is 10.1. The van der Waals surface area contributed by atoms with Gasteiger partial charge in [-0.1, -0.05) is 0 Å². The number of nitrogens with one attached hydrogen (secondary N) is 1. The summed E-state index contributed by atoms with van der Waals surface area (Å²) in [6.45, 7) is 2.59. The van der Waals surface area contributed by atoms with Gasteiger partial charge in [0, 0.05) is 12.1 Å². The molecule has 0 aliphatic heterocycles. The molecule has 0 saturated heterocycles. The number of methoxy groups -OCH3 is 1. The number of carbonyl (C=O) groups excluding carboxylic acids is 1. The lowest BCUT2D eigenvalue weighted by Gasteiger charge is -2.12. The summed E-state index contributed by atoms with van der Waals surface area (Å²) in [5.41, 5.74) is -1.85. The third-order valence-electron chi connectivity index (χ3n) is 3.86. The number of carbonyl (C=O) groups is 1. The molecule has 2 rings (SSSR count). The minimum atomic E-state index is -1.08. The van der Waals surface area contributed by atoms with Gasteiger partial charge in [0.05, 0.1) is 27.6 Å². The number of benzene rings is 1. The maximum Gasteiger partial charge on any atom is 0.350 e. The van der Waals surface area contributed by atoms with Gasteiger partial charge in [-0.15, -0.1) is 5.10 Å². The van der Waals surface area contributed by atoms with E-state index in [1.807, 2.05) is 0 Å². The van der Waals surface area contributed by atoms with E-state index >= 15 is 0 Å².